The maximum atomic E-state index is 5.55. The maximum absolute atomic E-state index is 5.55. The zero-order chi connectivity index (χ0) is 16.1. The number of nitrogens with one attached hydrogen (secondary N) is 1. The molecule has 0 radical (unpaired) electrons. The zero-order valence-corrected chi connectivity index (χ0v) is 15.2. The van der Waals surface area contributed by atoms with Crippen molar-refractivity contribution in [3.8, 4) is 17.0 Å². The Kier molecular flexibility index (Phi) is 7.09. The summed E-state index contributed by atoms with van der Waals surface area (Å²) < 4.78 is 11.0. The SMILES string of the molecule is CCCc1ccc(OC)c(-c2cc(CN3CCNCC3)on2)c1.Cl. The molecule has 2 aromatic rings. The number of rotatable bonds is 6. The van der Waals surface area contributed by atoms with Crippen LogP contribution in [0, 0.1) is 0 Å². The van der Waals surface area contributed by atoms with Gasteiger partial charge in [-0.2, -0.15) is 0 Å². The van der Waals surface area contributed by atoms with Crippen LogP contribution in [0.25, 0.3) is 11.3 Å². The van der Waals surface area contributed by atoms with E-state index >= 15 is 0 Å². The van der Waals surface area contributed by atoms with Crippen LogP contribution in [0.1, 0.15) is 24.7 Å². The van der Waals surface area contributed by atoms with Gasteiger partial charge in [0.1, 0.15) is 11.4 Å². The lowest BCUT2D eigenvalue weighted by molar-refractivity contribution is 0.207. The third-order valence-corrected chi connectivity index (χ3v) is 4.23. The first-order valence-electron chi connectivity index (χ1n) is 8.36. The second-order valence-corrected chi connectivity index (χ2v) is 5.99. The van der Waals surface area contributed by atoms with E-state index in [9.17, 15) is 0 Å². The molecule has 6 heteroatoms. The predicted molar refractivity (Wildman–Crippen MR) is 97.9 cm³/mol. The van der Waals surface area contributed by atoms with Gasteiger partial charge in [-0.3, -0.25) is 4.90 Å². The van der Waals surface area contributed by atoms with Crippen LogP contribution in [0.15, 0.2) is 28.8 Å². The van der Waals surface area contributed by atoms with Crippen molar-refractivity contribution in [2.75, 3.05) is 33.3 Å². The first kappa shape index (κ1) is 18.8. The Hall–Kier alpha value is -1.56. The summed E-state index contributed by atoms with van der Waals surface area (Å²) in [6.07, 6.45) is 2.18. The molecule has 0 amide bonds. The van der Waals surface area contributed by atoms with Crippen molar-refractivity contribution in [3.05, 3.63) is 35.6 Å². The molecular formula is C18H26ClN3O2. The molecular weight excluding hydrogens is 326 g/mol. The molecule has 0 unspecified atom stereocenters. The first-order valence-corrected chi connectivity index (χ1v) is 8.36. The van der Waals surface area contributed by atoms with Gasteiger partial charge < -0.3 is 14.6 Å². The van der Waals surface area contributed by atoms with E-state index in [1.807, 2.05) is 12.1 Å². The Balaban J connectivity index is 0.00000208. The second kappa shape index (κ2) is 9.06. The third-order valence-electron chi connectivity index (χ3n) is 4.23. The Morgan fingerprint density at radius 3 is 2.75 bits per heavy atom. The minimum atomic E-state index is 0. The number of aryl methyl sites for hydroxylation is 1. The van der Waals surface area contributed by atoms with Crippen molar-refractivity contribution in [1.82, 2.24) is 15.4 Å². The number of aromatic nitrogens is 1. The smallest absolute Gasteiger partial charge is 0.151 e. The first-order chi connectivity index (χ1) is 11.3. The molecule has 1 fully saturated rings. The Bertz CT molecular complexity index is 639. The lowest BCUT2D eigenvalue weighted by Crippen LogP contribution is -2.42. The molecule has 1 aliphatic rings. The average molecular weight is 352 g/mol. The van der Waals surface area contributed by atoms with Crippen molar-refractivity contribution in [2.24, 2.45) is 0 Å². The third kappa shape index (κ3) is 4.50. The van der Waals surface area contributed by atoms with Gasteiger partial charge in [0.05, 0.1) is 13.7 Å². The summed E-state index contributed by atoms with van der Waals surface area (Å²) in [6, 6.07) is 8.34. The van der Waals surface area contributed by atoms with E-state index in [4.69, 9.17) is 9.26 Å². The van der Waals surface area contributed by atoms with Gasteiger partial charge in [0.15, 0.2) is 5.76 Å². The van der Waals surface area contributed by atoms with Crippen molar-refractivity contribution >= 4 is 12.4 Å². The molecule has 0 aliphatic carbocycles. The van der Waals surface area contributed by atoms with E-state index in [0.717, 1.165) is 68.3 Å². The van der Waals surface area contributed by atoms with Crippen LogP contribution in [-0.4, -0.2) is 43.3 Å². The molecule has 0 bridgehead atoms. The summed E-state index contributed by atoms with van der Waals surface area (Å²) >= 11 is 0. The average Bonchev–Trinajstić information content (AvgIpc) is 3.04. The minimum absolute atomic E-state index is 0. The summed E-state index contributed by atoms with van der Waals surface area (Å²) in [4.78, 5) is 2.38. The molecule has 0 saturated carbocycles. The fourth-order valence-electron chi connectivity index (χ4n) is 3.00. The van der Waals surface area contributed by atoms with Gasteiger partial charge >= 0.3 is 0 Å². The van der Waals surface area contributed by atoms with Crippen molar-refractivity contribution in [3.63, 3.8) is 0 Å². The van der Waals surface area contributed by atoms with E-state index < -0.39 is 0 Å². The highest BCUT2D eigenvalue weighted by molar-refractivity contribution is 5.85. The van der Waals surface area contributed by atoms with Crippen molar-refractivity contribution < 1.29 is 9.26 Å². The van der Waals surface area contributed by atoms with Gasteiger partial charge in [-0.05, 0) is 24.1 Å². The zero-order valence-electron chi connectivity index (χ0n) is 14.4. The van der Waals surface area contributed by atoms with Crippen LogP contribution < -0.4 is 10.1 Å². The van der Waals surface area contributed by atoms with E-state index in [1.54, 1.807) is 7.11 Å². The number of nitrogens with zero attached hydrogens (tertiary/aromatic N) is 2. The van der Waals surface area contributed by atoms with E-state index in [0.29, 0.717) is 0 Å². The molecule has 0 atom stereocenters. The van der Waals surface area contributed by atoms with E-state index in [-0.39, 0.29) is 12.4 Å². The van der Waals surface area contributed by atoms with Gasteiger partial charge in [0.25, 0.3) is 0 Å². The summed E-state index contributed by atoms with van der Waals surface area (Å²) in [5.41, 5.74) is 3.16. The highest BCUT2D eigenvalue weighted by Crippen LogP contribution is 2.31. The number of benzene rings is 1. The topological polar surface area (TPSA) is 50.5 Å². The summed E-state index contributed by atoms with van der Waals surface area (Å²) in [5, 5.41) is 7.62. The fourth-order valence-corrected chi connectivity index (χ4v) is 3.00. The highest BCUT2D eigenvalue weighted by Gasteiger charge is 2.16. The van der Waals surface area contributed by atoms with Crippen LogP contribution in [0.3, 0.4) is 0 Å². The van der Waals surface area contributed by atoms with E-state index in [1.165, 1.54) is 5.56 Å². The van der Waals surface area contributed by atoms with Gasteiger partial charge in [-0.25, -0.2) is 0 Å². The van der Waals surface area contributed by atoms with Crippen molar-refractivity contribution in [2.45, 2.75) is 26.3 Å². The molecule has 24 heavy (non-hydrogen) atoms. The monoisotopic (exact) mass is 351 g/mol. The summed E-state index contributed by atoms with van der Waals surface area (Å²) in [5.74, 6) is 1.75. The Labute approximate surface area is 149 Å². The largest absolute Gasteiger partial charge is 0.496 e. The molecule has 1 aliphatic heterocycles. The summed E-state index contributed by atoms with van der Waals surface area (Å²) in [7, 11) is 1.69. The van der Waals surface area contributed by atoms with Crippen molar-refractivity contribution in [1.29, 1.82) is 0 Å². The number of ether oxygens (including phenoxy) is 1. The lowest BCUT2D eigenvalue weighted by atomic mass is 10.0. The van der Waals surface area contributed by atoms with Gasteiger partial charge in [-0.15, -0.1) is 12.4 Å². The number of piperazine rings is 1. The Morgan fingerprint density at radius 2 is 2.04 bits per heavy atom. The highest BCUT2D eigenvalue weighted by atomic mass is 35.5. The Morgan fingerprint density at radius 1 is 1.25 bits per heavy atom. The quantitative estimate of drug-likeness (QED) is 0.866. The minimum Gasteiger partial charge on any atom is -0.496 e. The molecule has 1 saturated heterocycles. The number of halogens is 1. The molecule has 1 aromatic carbocycles. The molecule has 0 spiro atoms. The molecule has 1 N–H and O–H groups in total. The second-order valence-electron chi connectivity index (χ2n) is 5.99. The van der Waals surface area contributed by atoms with Crippen LogP contribution in [0.2, 0.25) is 0 Å². The predicted octanol–water partition coefficient (Wildman–Crippen LogP) is 3.13. The van der Waals surface area contributed by atoms with Gasteiger partial charge in [-0.1, -0.05) is 24.6 Å². The lowest BCUT2D eigenvalue weighted by Gasteiger charge is -2.25. The van der Waals surface area contributed by atoms with Gasteiger partial charge in [0, 0.05) is 37.8 Å². The maximum Gasteiger partial charge on any atom is 0.151 e. The molecule has 132 valence electrons. The normalized spacial score (nSPS) is 15.1. The molecule has 5 nitrogen and oxygen atoms in total. The summed E-state index contributed by atoms with van der Waals surface area (Å²) in [6.45, 7) is 7.16. The molecule has 2 heterocycles. The van der Waals surface area contributed by atoms with Gasteiger partial charge in [0.2, 0.25) is 0 Å². The van der Waals surface area contributed by atoms with Crippen LogP contribution in [-0.2, 0) is 13.0 Å². The fraction of sp³-hybridized carbons (Fsp3) is 0.500. The molecule has 1 aromatic heterocycles. The number of hydrogen-bond donors (Lipinski definition) is 1. The van der Waals surface area contributed by atoms with E-state index in [2.05, 4.69) is 34.4 Å². The number of hydrogen-bond acceptors (Lipinski definition) is 5. The van der Waals surface area contributed by atoms with Crippen LogP contribution in [0.4, 0.5) is 0 Å². The standard InChI is InChI=1S/C18H25N3O2.ClH/c1-3-4-14-5-6-18(22-2)16(11-14)17-12-15(23-20-17)13-21-9-7-19-8-10-21;/h5-6,11-12,19H,3-4,7-10,13H2,1-2H3;1H. The number of methoxy groups -OCH3 is 1. The molecule has 3 rings (SSSR count). The van der Waals surface area contributed by atoms with Crippen LogP contribution in [0.5, 0.6) is 5.75 Å². The van der Waals surface area contributed by atoms with Crippen LogP contribution >= 0.6 is 12.4 Å².